The van der Waals surface area contributed by atoms with Crippen molar-refractivity contribution < 1.29 is 22.6 Å². The summed E-state index contributed by atoms with van der Waals surface area (Å²) in [6, 6.07) is 0.711. The first-order valence-electron chi connectivity index (χ1n) is 7.03. The minimum atomic E-state index is -4.56. The van der Waals surface area contributed by atoms with E-state index < -0.39 is 13.1 Å². The molecule has 1 saturated heterocycles. The molecule has 20 heavy (non-hydrogen) atoms. The number of rotatable bonds is 8. The summed E-state index contributed by atoms with van der Waals surface area (Å²) < 4.78 is 45.0. The Bertz CT molecular complexity index is 275. The molecule has 0 bridgehead atoms. The van der Waals surface area contributed by atoms with Crippen molar-refractivity contribution in [2.24, 2.45) is 0 Å². The van der Waals surface area contributed by atoms with Gasteiger partial charge in [0.15, 0.2) is 0 Å². The van der Waals surface area contributed by atoms with Crippen LogP contribution in [-0.4, -0.2) is 56.4 Å². The Labute approximate surface area is 118 Å². The van der Waals surface area contributed by atoms with Crippen LogP contribution in [0.2, 0.25) is 0 Å². The Balaban J connectivity index is 2.11. The number of nitrogens with zero attached hydrogens (tertiary/aromatic N) is 1. The molecule has 1 fully saturated rings. The third-order valence-electron chi connectivity index (χ3n) is 3.27. The lowest BCUT2D eigenvalue weighted by molar-refractivity contribution is -0.335. The lowest BCUT2D eigenvalue weighted by Gasteiger charge is -2.20. The molecule has 0 spiro atoms. The van der Waals surface area contributed by atoms with Gasteiger partial charge >= 0.3 is 6.36 Å². The zero-order valence-corrected chi connectivity index (χ0v) is 12.4. The molecule has 1 aliphatic heterocycles. The molecule has 1 rings (SSSR count). The Morgan fingerprint density at radius 2 is 1.90 bits per heavy atom. The van der Waals surface area contributed by atoms with Crippen LogP contribution in [0, 0.1) is 0 Å². The van der Waals surface area contributed by atoms with Gasteiger partial charge in [-0.15, -0.1) is 13.2 Å². The number of hydrogen-bond acceptors (Lipinski definition) is 4. The third-order valence-corrected chi connectivity index (χ3v) is 3.27. The Hall–Kier alpha value is -0.370. The zero-order chi connectivity index (χ0) is 15.2. The van der Waals surface area contributed by atoms with Crippen molar-refractivity contribution in [3.8, 4) is 0 Å². The molecule has 0 aromatic heterocycles. The summed E-state index contributed by atoms with van der Waals surface area (Å²) in [4.78, 5) is 1.53. The fraction of sp³-hybridized carbons (Fsp3) is 1.00. The molecule has 0 saturated carbocycles. The predicted molar refractivity (Wildman–Crippen MR) is 70.3 cm³/mol. The fourth-order valence-electron chi connectivity index (χ4n) is 2.19. The standard InChI is InChI=1S/C13H25F3N2O2/c1-10(2)19-8-12-5-4-11(17-12)6-7-18(3)9-20-13(14,15)16/h10-12,17H,4-9H2,1-3H3. The number of nitrogens with one attached hydrogen (secondary N) is 1. The molecule has 1 aliphatic rings. The van der Waals surface area contributed by atoms with Crippen molar-refractivity contribution >= 4 is 0 Å². The van der Waals surface area contributed by atoms with Crippen LogP contribution in [0.15, 0.2) is 0 Å². The molecule has 2 unspecified atom stereocenters. The van der Waals surface area contributed by atoms with Gasteiger partial charge in [0.25, 0.3) is 0 Å². The van der Waals surface area contributed by atoms with Gasteiger partial charge in [0.1, 0.15) is 6.73 Å². The molecule has 120 valence electrons. The second-order valence-corrected chi connectivity index (χ2v) is 5.61. The lowest BCUT2D eigenvalue weighted by atomic mass is 10.1. The lowest BCUT2D eigenvalue weighted by Crippen LogP contribution is -2.36. The van der Waals surface area contributed by atoms with E-state index in [9.17, 15) is 13.2 Å². The highest BCUT2D eigenvalue weighted by Gasteiger charge is 2.29. The molecule has 4 nitrogen and oxygen atoms in total. The van der Waals surface area contributed by atoms with E-state index in [2.05, 4.69) is 10.1 Å². The highest BCUT2D eigenvalue weighted by molar-refractivity contribution is 4.83. The maximum Gasteiger partial charge on any atom is 0.523 e. The van der Waals surface area contributed by atoms with E-state index in [0.29, 0.717) is 25.2 Å². The van der Waals surface area contributed by atoms with Gasteiger partial charge in [-0.25, -0.2) is 0 Å². The Kier molecular flexibility index (Phi) is 7.22. The van der Waals surface area contributed by atoms with Gasteiger partial charge in [0.05, 0.1) is 12.7 Å². The highest BCUT2D eigenvalue weighted by Crippen LogP contribution is 2.18. The normalized spacial score (nSPS) is 24.0. The number of ether oxygens (including phenoxy) is 2. The third kappa shape index (κ3) is 8.04. The van der Waals surface area contributed by atoms with E-state index >= 15 is 0 Å². The minimum absolute atomic E-state index is 0.224. The van der Waals surface area contributed by atoms with Crippen molar-refractivity contribution in [2.45, 2.75) is 57.7 Å². The van der Waals surface area contributed by atoms with Crippen molar-refractivity contribution in [2.75, 3.05) is 26.9 Å². The second-order valence-electron chi connectivity index (χ2n) is 5.61. The van der Waals surface area contributed by atoms with Gasteiger partial charge < -0.3 is 10.1 Å². The van der Waals surface area contributed by atoms with Crippen LogP contribution in [0.25, 0.3) is 0 Å². The van der Waals surface area contributed by atoms with Crippen LogP contribution >= 0.6 is 0 Å². The first-order chi connectivity index (χ1) is 9.26. The fourth-order valence-corrected chi connectivity index (χ4v) is 2.19. The Morgan fingerprint density at radius 3 is 2.50 bits per heavy atom. The minimum Gasteiger partial charge on any atom is -0.377 e. The smallest absolute Gasteiger partial charge is 0.377 e. The average Bonchev–Trinajstić information content (AvgIpc) is 2.78. The van der Waals surface area contributed by atoms with Gasteiger partial charge in [-0.3, -0.25) is 9.64 Å². The summed E-state index contributed by atoms with van der Waals surface area (Å²) in [6.07, 6.45) is -1.42. The SMILES string of the molecule is CC(C)OCC1CCC(CCN(C)COC(F)(F)F)N1. The van der Waals surface area contributed by atoms with Crippen molar-refractivity contribution in [3.05, 3.63) is 0 Å². The van der Waals surface area contributed by atoms with Crippen LogP contribution in [0.4, 0.5) is 13.2 Å². The molecule has 0 aliphatic carbocycles. The topological polar surface area (TPSA) is 33.7 Å². The maximum atomic E-state index is 11.9. The van der Waals surface area contributed by atoms with Crippen molar-refractivity contribution in [1.82, 2.24) is 10.2 Å². The monoisotopic (exact) mass is 298 g/mol. The number of alkyl halides is 3. The second kappa shape index (κ2) is 8.17. The van der Waals surface area contributed by atoms with Gasteiger partial charge in [-0.1, -0.05) is 0 Å². The largest absolute Gasteiger partial charge is 0.523 e. The molecular weight excluding hydrogens is 273 g/mol. The zero-order valence-electron chi connectivity index (χ0n) is 12.4. The van der Waals surface area contributed by atoms with E-state index in [1.807, 2.05) is 13.8 Å². The first-order valence-corrected chi connectivity index (χ1v) is 7.03. The molecule has 0 amide bonds. The van der Waals surface area contributed by atoms with Crippen LogP contribution in [0.5, 0.6) is 0 Å². The van der Waals surface area contributed by atoms with E-state index in [4.69, 9.17) is 4.74 Å². The highest BCUT2D eigenvalue weighted by atomic mass is 19.4. The van der Waals surface area contributed by atoms with E-state index in [0.717, 1.165) is 19.3 Å². The average molecular weight is 298 g/mol. The van der Waals surface area contributed by atoms with E-state index in [-0.39, 0.29) is 6.10 Å². The summed E-state index contributed by atoms with van der Waals surface area (Å²) >= 11 is 0. The molecule has 2 atom stereocenters. The van der Waals surface area contributed by atoms with Crippen LogP contribution in [0.1, 0.15) is 33.1 Å². The molecule has 0 aromatic rings. The van der Waals surface area contributed by atoms with Crippen LogP contribution < -0.4 is 5.32 Å². The maximum absolute atomic E-state index is 11.9. The summed E-state index contributed by atoms with van der Waals surface area (Å²) in [5.41, 5.74) is 0. The number of hydrogen-bond donors (Lipinski definition) is 1. The van der Waals surface area contributed by atoms with Gasteiger partial charge in [0.2, 0.25) is 0 Å². The molecule has 0 aromatic carbocycles. The summed E-state index contributed by atoms with van der Waals surface area (Å²) in [5, 5.41) is 3.46. The summed E-state index contributed by atoms with van der Waals surface area (Å²) in [5.74, 6) is 0. The van der Waals surface area contributed by atoms with Gasteiger partial charge in [-0.2, -0.15) is 0 Å². The summed E-state index contributed by atoms with van der Waals surface area (Å²) in [6.45, 7) is 4.85. The predicted octanol–water partition coefficient (Wildman–Crippen LogP) is 2.35. The molecule has 1 N–H and O–H groups in total. The summed E-state index contributed by atoms with van der Waals surface area (Å²) in [7, 11) is 1.63. The number of halogens is 3. The van der Waals surface area contributed by atoms with Crippen LogP contribution in [0.3, 0.4) is 0 Å². The van der Waals surface area contributed by atoms with Gasteiger partial charge in [0, 0.05) is 18.6 Å². The van der Waals surface area contributed by atoms with Gasteiger partial charge in [-0.05, 0) is 40.2 Å². The van der Waals surface area contributed by atoms with Crippen molar-refractivity contribution in [3.63, 3.8) is 0 Å². The molecular formula is C13H25F3N2O2. The molecule has 1 heterocycles. The van der Waals surface area contributed by atoms with E-state index in [1.54, 1.807) is 7.05 Å². The first kappa shape index (κ1) is 17.7. The Morgan fingerprint density at radius 1 is 1.25 bits per heavy atom. The molecule has 7 heteroatoms. The van der Waals surface area contributed by atoms with Crippen molar-refractivity contribution in [1.29, 1.82) is 0 Å². The van der Waals surface area contributed by atoms with Crippen LogP contribution in [-0.2, 0) is 9.47 Å². The molecule has 0 radical (unpaired) electrons. The quantitative estimate of drug-likeness (QED) is 0.698. The van der Waals surface area contributed by atoms with E-state index in [1.165, 1.54) is 4.90 Å².